The van der Waals surface area contributed by atoms with Crippen molar-refractivity contribution in [2.24, 2.45) is 0 Å². The molecule has 0 radical (unpaired) electrons. The van der Waals surface area contributed by atoms with Crippen LogP contribution in [0.5, 0.6) is 5.75 Å². The Hall–Kier alpha value is -4.26. The number of carbonyl (C=O) groups is 2. The van der Waals surface area contributed by atoms with E-state index in [0.29, 0.717) is 34.3 Å². The van der Waals surface area contributed by atoms with Gasteiger partial charge in [-0.2, -0.15) is 4.98 Å². The second kappa shape index (κ2) is 9.26. The summed E-state index contributed by atoms with van der Waals surface area (Å²) in [7, 11) is 0. The summed E-state index contributed by atoms with van der Waals surface area (Å²) in [4.78, 5) is 28.5. The van der Waals surface area contributed by atoms with E-state index in [4.69, 9.17) is 9.26 Å². The molecule has 0 unspecified atom stereocenters. The van der Waals surface area contributed by atoms with Crippen molar-refractivity contribution >= 4 is 17.4 Å². The van der Waals surface area contributed by atoms with Crippen LogP contribution in [0.25, 0.3) is 11.4 Å². The van der Waals surface area contributed by atoms with Gasteiger partial charge >= 0.3 is 0 Å². The number of anilines is 1. The number of benzene rings is 3. The maximum Gasteiger partial charge on any atom is 0.264 e. The lowest BCUT2D eigenvalue weighted by Crippen LogP contribution is -2.13. The summed E-state index contributed by atoms with van der Waals surface area (Å²) < 4.78 is 11.1. The molecule has 0 aliphatic heterocycles. The number of carbonyl (C=O) groups excluding carboxylic acids is 2. The fourth-order valence-electron chi connectivity index (χ4n) is 3.04. The van der Waals surface area contributed by atoms with E-state index in [9.17, 15) is 9.59 Å². The van der Waals surface area contributed by atoms with Crippen LogP contribution in [0.15, 0.2) is 77.3 Å². The summed E-state index contributed by atoms with van der Waals surface area (Å²) in [6.07, 6.45) is 0. The molecule has 0 aliphatic rings. The number of aryl methyl sites for hydroxylation is 1. The molecule has 3 aromatic carbocycles. The highest BCUT2D eigenvalue weighted by molar-refractivity contribution is 6.06. The van der Waals surface area contributed by atoms with Crippen molar-refractivity contribution in [3.8, 4) is 17.1 Å². The molecule has 0 spiro atoms. The van der Waals surface area contributed by atoms with E-state index in [1.165, 1.54) is 6.92 Å². The Morgan fingerprint density at radius 1 is 0.969 bits per heavy atom. The van der Waals surface area contributed by atoms with E-state index in [1.54, 1.807) is 48.5 Å². The lowest BCUT2D eigenvalue weighted by atomic mass is 10.1. The van der Waals surface area contributed by atoms with Gasteiger partial charge in [0.25, 0.3) is 11.8 Å². The highest BCUT2D eigenvalue weighted by Crippen LogP contribution is 2.22. The van der Waals surface area contributed by atoms with Gasteiger partial charge in [0.05, 0.1) is 5.56 Å². The monoisotopic (exact) mass is 427 g/mol. The van der Waals surface area contributed by atoms with Gasteiger partial charge in [0, 0.05) is 16.8 Å². The number of ketones is 1. The van der Waals surface area contributed by atoms with Crippen LogP contribution in [-0.4, -0.2) is 21.8 Å². The van der Waals surface area contributed by atoms with Crippen LogP contribution in [0.4, 0.5) is 5.69 Å². The first kappa shape index (κ1) is 21.0. The standard InChI is InChI=1S/C25H21N3O4/c1-16-7-9-19(10-8-16)24-27-23(32-28-24)15-31-22-6-4-3-5-21(22)25(30)26-20-13-11-18(12-14-20)17(2)29/h3-14H,15H2,1-2H3,(H,26,30). The Morgan fingerprint density at radius 2 is 1.69 bits per heavy atom. The molecule has 32 heavy (non-hydrogen) atoms. The van der Waals surface area contributed by atoms with Gasteiger partial charge in [-0.25, -0.2) is 0 Å². The molecule has 7 heteroatoms. The molecule has 0 atom stereocenters. The quantitative estimate of drug-likeness (QED) is 0.414. The lowest BCUT2D eigenvalue weighted by Gasteiger charge is -2.10. The van der Waals surface area contributed by atoms with Crippen LogP contribution in [0.2, 0.25) is 0 Å². The van der Waals surface area contributed by atoms with Crippen LogP contribution in [-0.2, 0) is 6.61 Å². The summed E-state index contributed by atoms with van der Waals surface area (Å²) in [5.41, 5.74) is 3.51. The fraction of sp³-hybridized carbons (Fsp3) is 0.120. The smallest absolute Gasteiger partial charge is 0.264 e. The Bertz CT molecular complexity index is 1240. The van der Waals surface area contributed by atoms with Crippen molar-refractivity contribution in [3.63, 3.8) is 0 Å². The van der Waals surface area contributed by atoms with Crippen LogP contribution in [0, 0.1) is 6.92 Å². The van der Waals surface area contributed by atoms with Gasteiger partial charge in [-0.05, 0) is 50.2 Å². The van der Waals surface area contributed by atoms with Gasteiger partial charge in [0.1, 0.15) is 5.75 Å². The summed E-state index contributed by atoms with van der Waals surface area (Å²) in [5, 5.41) is 6.80. The largest absolute Gasteiger partial charge is 0.483 e. The Morgan fingerprint density at radius 3 is 2.41 bits per heavy atom. The maximum atomic E-state index is 12.8. The van der Waals surface area contributed by atoms with Crippen LogP contribution >= 0.6 is 0 Å². The van der Waals surface area contributed by atoms with E-state index in [2.05, 4.69) is 15.5 Å². The zero-order chi connectivity index (χ0) is 22.5. The number of nitrogens with zero attached hydrogens (tertiary/aromatic N) is 2. The topological polar surface area (TPSA) is 94.3 Å². The van der Waals surface area contributed by atoms with Crippen molar-refractivity contribution in [2.75, 3.05) is 5.32 Å². The third kappa shape index (κ3) is 4.89. The number of hydrogen-bond acceptors (Lipinski definition) is 6. The van der Waals surface area contributed by atoms with Crippen molar-refractivity contribution in [1.29, 1.82) is 0 Å². The molecule has 0 fully saturated rings. The molecule has 1 heterocycles. The predicted molar refractivity (Wildman–Crippen MR) is 120 cm³/mol. The number of ether oxygens (including phenoxy) is 1. The first-order valence-electron chi connectivity index (χ1n) is 10.0. The van der Waals surface area contributed by atoms with Crippen molar-refractivity contribution in [3.05, 3.63) is 95.4 Å². The number of Topliss-reactive ketones (excluding diaryl/α,β-unsaturated/α-hetero) is 1. The van der Waals surface area contributed by atoms with Gasteiger partial charge in [-0.3, -0.25) is 9.59 Å². The van der Waals surface area contributed by atoms with Crippen molar-refractivity contribution < 1.29 is 18.8 Å². The molecule has 1 N–H and O–H groups in total. The SMILES string of the molecule is CC(=O)c1ccc(NC(=O)c2ccccc2OCc2nc(-c3ccc(C)cc3)no2)cc1. The first-order chi connectivity index (χ1) is 15.5. The number of amides is 1. The molecule has 160 valence electrons. The van der Waals surface area contributed by atoms with E-state index in [1.807, 2.05) is 31.2 Å². The molecule has 0 saturated heterocycles. The Balaban J connectivity index is 1.44. The average Bonchev–Trinajstić information content (AvgIpc) is 3.28. The van der Waals surface area contributed by atoms with Gasteiger partial charge < -0.3 is 14.6 Å². The zero-order valence-electron chi connectivity index (χ0n) is 17.7. The first-order valence-corrected chi connectivity index (χ1v) is 10.0. The highest BCUT2D eigenvalue weighted by Gasteiger charge is 2.15. The minimum atomic E-state index is -0.331. The van der Waals surface area contributed by atoms with Crippen molar-refractivity contribution in [1.82, 2.24) is 10.1 Å². The van der Waals surface area contributed by atoms with Crippen LogP contribution < -0.4 is 10.1 Å². The number of para-hydroxylation sites is 1. The number of aromatic nitrogens is 2. The molecule has 0 aliphatic carbocycles. The van der Waals surface area contributed by atoms with E-state index < -0.39 is 0 Å². The molecule has 1 aromatic heterocycles. The van der Waals surface area contributed by atoms with Gasteiger partial charge in [0.15, 0.2) is 12.4 Å². The summed E-state index contributed by atoms with van der Waals surface area (Å²) in [6.45, 7) is 3.53. The minimum absolute atomic E-state index is 0.0243. The van der Waals surface area contributed by atoms with Gasteiger partial charge in [-0.1, -0.05) is 47.1 Å². The summed E-state index contributed by atoms with van der Waals surface area (Å²) in [6, 6.07) is 21.4. The second-order valence-electron chi connectivity index (χ2n) is 7.25. The summed E-state index contributed by atoms with van der Waals surface area (Å²) in [5.74, 6) is 0.801. The predicted octanol–water partition coefficient (Wildman–Crippen LogP) is 5.08. The third-order valence-electron chi connectivity index (χ3n) is 4.81. The number of hydrogen-bond donors (Lipinski definition) is 1. The van der Waals surface area contributed by atoms with E-state index in [0.717, 1.165) is 11.1 Å². The van der Waals surface area contributed by atoms with Gasteiger partial charge in [-0.15, -0.1) is 0 Å². The third-order valence-corrected chi connectivity index (χ3v) is 4.81. The highest BCUT2D eigenvalue weighted by atomic mass is 16.5. The molecule has 7 nitrogen and oxygen atoms in total. The van der Waals surface area contributed by atoms with E-state index >= 15 is 0 Å². The fourth-order valence-corrected chi connectivity index (χ4v) is 3.04. The van der Waals surface area contributed by atoms with Crippen LogP contribution in [0.1, 0.15) is 39.1 Å². The molecule has 4 aromatic rings. The second-order valence-corrected chi connectivity index (χ2v) is 7.25. The van der Waals surface area contributed by atoms with E-state index in [-0.39, 0.29) is 18.3 Å². The minimum Gasteiger partial charge on any atom is -0.483 e. The molecule has 1 amide bonds. The molecule has 0 saturated carbocycles. The summed E-state index contributed by atoms with van der Waals surface area (Å²) >= 11 is 0. The Labute approximate surface area is 185 Å². The normalized spacial score (nSPS) is 10.6. The zero-order valence-corrected chi connectivity index (χ0v) is 17.7. The number of nitrogens with one attached hydrogen (secondary N) is 1. The Kier molecular flexibility index (Phi) is 6.07. The number of rotatable bonds is 7. The molecule has 0 bridgehead atoms. The molecular formula is C25H21N3O4. The lowest BCUT2D eigenvalue weighted by molar-refractivity contribution is 0.101. The average molecular weight is 427 g/mol. The van der Waals surface area contributed by atoms with Crippen molar-refractivity contribution in [2.45, 2.75) is 20.5 Å². The maximum absolute atomic E-state index is 12.8. The van der Waals surface area contributed by atoms with Gasteiger partial charge in [0.2, 0.25) is 5.82 Å². The van der Waals surface area contributed by atoms with Crippen LogP contribution in [0.3, 0.4) is 0 Å². The molecule has 4 rings (SSSR count). The molecular weight excluding hydrogens is 406 g/mol.